The molecule has 0 unspecified atom stereocenters. The number of hydrogen-bond acceptors (Lipinski definition) is 1. The SMILES string of the molecule is C#C/C=C\C(=C/C)N(C)c1cc2ccccc2c2ccccc12. The molecule has 0 saturated carbocycles. The maximum Gasteiger partial charge on any atom is 0.0494 e. The van der Waals surface area contributed by atoms with E-state index in [9.17, 15) is 0 Å². The molecule has 3 aromatic rings. The van der Waals surface area contributed by atoms with E-state index in [1.807, 2.05) is 13.0 Å². The molecular weight excluding hydrogens is 278 g/mol. The average Bonchev–Trinajstić information content (AvgIpc) is 2.61. The highest BCUT2D eigenvalue weighted by Gasteiger charge is 2.11. The second-order valence-electron chi connectivity index (χ2n) is 5.43. The van der Waals surface area contributed by atoms with Gasteiger partial charge in [0.1, 0.15) is 0 Å². The molecule has 23 heavy (non-hydrogen) atoms. The molecule has 3 rings (SSSR count). The lowest BCUT2D eigenvalue weighted by Crippen LogP contribution is -2.15. The smallest absolute Gasteiger partial charge is 0.0494 e. The van der Waals surface area contributed by atoms with Crippen LogP contribution in [0.15, 0.2) is 78.5 Å². The molecule has 0 fully saturated rings. The monoisotopic (exact) mass is 297 g/mol. The van der Waals surface area contributed by atoms with Gasteiger partial charge in [-0.05, 0) is 41.3 Å². The highest BCUT2D eigenvalue weighted by molar-refractivity contribution is 6.13. The van der Waals surface area contributed by atoms with Gasteiger partial charge in [0.2, 0.25) is 0 Å². The van der Waals surface area contributed by atoms with Crippen LogP contribution in [0, 0.1) is 12.3 Å². The van der Waals surface area contributed by atoms with Crippen molar-refractivity contribution in [2.75, 3.05) is 11.9 Å². The molecule has 0 N–H and O–H groups in total. The van der Waals surface area contributed by atoms with Gasteiger partial charge in [0, 0.05) is 23.8 Å². The summed E-state index contributed by atoms with van der Waals surface area (Å²) < 4.78 is 0. The molecule has 3 aromatic carbocycles. The Morgan fingerprint density at radius 1 is 1.00 bits per heavy atom. The van der Waals surface area contributed by atoms with Crippen LogP contribution in [0.25, 0.3) is 21.5 Å². The highest BCUT2D eigenvalue weighted by Crippen LogP contribution is 2.34. The number of fused-ring (bicyclic) bond motifs is 3. The van der Waals surface area contributed by atoms with Crippen LogP contribution in [-0.4, -0.2) is 7.05 Å². The number of terminal acetylenes is 1. The summed E-state index contributed by atoms with van der Waals surface area (Å²) >= 11 is 0. The van der Waals surface area contributed by atoms with Crippen LogP contribution in [0.5, 0.6) is 0 Å². The first-order valence-corrected chi connectivity index (χ1v) is 7.69. The molecule has 1 heteroatoms. The van der Waals surface area contributed by atoms with E-state index in [4.69, 9.17) is 6.42 Å². The summed E-state index contributed by atoms with van der Waals surface area (Å²) in [5.41, 5.74) is 2.25. The summed E-state index contributed by atoms with van der Waals surface area (Å²) in [7, 11) is 2.08. The van der Waals surface area contributed by atoms with E-state index in [1.165, 1.54) is 27.2 Å². The Hall–Kier alpha value is -2.98. The predicted octanol–water partition coefficient (Wildman–Crippen LogP) is 5.52. The van der Waals surface area contributed by atoms with Gasteiger partial charge in [0.15, 0.2) is 0 Å². The topological polar surface area (TPSA) is 3.24 Å². The van der Waals surface area contributed by atoms with Crippen LogP contribution in [0.3, 0.4) is 0 Å². The number of allylic oxidation sites excluding steroid dienone is 3. The minimum absolute atomic E-state index is 1.07. The van der Waals surface area contributed by atoms with Crippen molar-refractivity contribution in [2.45, 2.75) is 6.92 Å². The zero-order valence-corrected chi connectivity index (χ0v) is 13.5. The summed E-state index contributed by atoms with van der Waals surface area (Å²) in [6.07, 6.45) is 11.1. The molecule has 0 bridgehead atoms. The summed E-state index contributed by atoms with van der Waals surface area (Å²) in [6, 6.07) is 19.3. The van der Waals surface area contributed by atoms with Crippen molar-refractivity contribution in [3.63, 3.8) is 0 Å². The Bertz CT molecular complexity index is 955. The maximum absolute atomic E-state index is 5.35. The summed E-state index contributed by atoms with van der Waals surface area (Å²) in [5.74, 6) is 2.56. The van der Waals surface area contributed by atoms with Crippen LogP contribution in [0.1, 0.15) is 6.92 Å². The first kappa shape index (κ1) is 14.9. The van der Waals surface area contributed by atoms with Crippen LogP contribution in [-0.2, 0) is 0 Å². The highest BCUT2D eigenvalue weighted by atomic mass is 15.1. The van der Waals surface area contributed by atoms with Crippen molar-refractivity contribution in [3.8, 4) is 12.3 Å². The number of anilines is 1. The van der Waals surface area contributed by atoms with Crippen molar-refractivity contribution in [1.82, 2.24) is 0 Å². The van der Waals surface area contributed by atoms with E-state index in [0.29, 0.717) is 0 Å². The molecule has 0 saturated heterocycles. The number of benzene rings is 3. The van der Waals surface area contributed by atoms with E-state index >= 15 is 0 Å². The molecule has 0 radical (unpaired) electrons. The minimum Gasteiger partial charge on any atom is -0.344 e. The Balaban J connectivity index is 2.27. The molecule has 1 nitrogen and oxygen atoms in total. The lowest BCUT2D eigenvalue weighted by Gasteiger charge is -2.23. The quantitative estimate of drug-likeness (QED) is 0.349. The predicted molar refractivity (Wildman–Crippen MR) is 102 cm³/mol. The van der Waals surface area contributed by atoms with Gasteiger partial charge in [-0.2, -0.15) is 0 Å². The second kappa shape index (κ2) is 6.42. The van der Waals surface area contributed by atoms with E-state index in [2.05, 4.69) is 78.5 Å². The Kier molecular flexibility index (Phi) is 4.17. The molecular formula is C22H19N. The first-order chi connectivity index (χ1) is 11.3. The van der Waals surface area contributed by atoms with E-state index in [-0.39, 0.29) is 0 Å². The maximum atomic E-state index is 5.35. The van der Waals surface area contributed by atoms with E-state index in [1.54, 1.807) is 6.08 Å². The molecule has 0 aliphatic carbocycles. The van der Waals surface area contributed by atoms with Crippen molar-refractivity contribution < 1.29 is 0 Å². The fraction of sp³-hybridized carbons (Fsp3) is 0.0909. The normalized spacial score (nSPS) is 12.0. The van der Waals surface area contributed by atoms with Crippen LogP contribution in [0.2, 0.25) is 0 Å². The third kappa shape index (κ3) is 2.72. The van der Waals surface area contributed by atoms with Gasteiger partial charge in [-0.25, -0.2) is 0 Å². The fourth-order valence-corrected chi connectivity index (χ4v) is 2.99. The van der Waals surface area contributed by atoms with Gasteiger partial charge in [0.25, 0.3) is 0 Å². The zero-order valence-electron chi connectivity index (χ0n) is 13.5. The lowest BCUT2D eigenvalue weighted by molar-refractivity contribution is 1.14. The molecule has 0 aromatic heterocycles. The lowest BCUT2D eigenvalue weighted by atomic mass is 9.99. The molecule has 0 aliphatic heterocycles. The van der Waals surface area contributed by atoms with Crippen LogP contribution in [0.4, 0.5) is 5.69 Å². The van der Waals surface area contributed by atoms with E-state index < -0.39 is 0 Å². The molecule has 0 heterocycles. The van der Waals surface area contributed by atoms with Crippen molar-refractivity contribution >= 4 is 27.2 Å². The van der Waals surface area contributed by atoms with Crippen molar-refractivity contribution in [3.05, 3.63) is 78.5 Å². The van der Waals surface area contributed by atoms with Gasteiger partial charge in [0.05, 0.1) is 0 Å². The number of nitrogens with zero attached hydrogens (tertiary/aromatic N) is 1. The van der Waals surface area contributed by atoms with Crippen molar-refractivity contribution in [1.29, 1.82) is 0 Å². The third-order valence-electron chi connectivity index (χ3n) is 4.14. The van der Waals surface area contributed by atoms with Gasteiger partial charge >= 0.3 is 0 Å². The number of likely N-dealkylation sites (N-methyl/N-ethyl adjacent to an activating group) is 1. The zero-order chi connectivity index (χ0) is 16.2. The molecule has 0 atom stereocenters. The van der Waals surface area contributed by atoms with Gasteiger partial charge in [-0.3, -0.25) is 0 Å². The standard InChI is InChI=1S/C22H19N/c1-4-6-12-18(5-2)23(3)22-16-17-11-7-8-13-19(17)20-14-9-10-15-21(20)22/h1,5-16H,2-3H3/b12-6-,18-5+. The van der Waals surface area contributed by atoms with Gasteiger partial charge in [-0.1, -0.05) is 60.5 Å². The summed E-state index contributed by atoms with van der Waals surface area (Å²) in [4.78, 5) is 2.18. The Labute approximate surface area is 137 Å². The molecule has 0 spiro atoms. The third-order valence-corrected chi connectivity index (χ3v) is 4.14. The fourth-order valence-electron chi connectivity index (χ4n) is 2.99. The van der Waals surface area contributed by atoms with Crippen LogP contribution >= 0.6 is 0 Å². The molecule has 0 amide bonds. The summed E-state index contributed by atoms with van der Waals surface area (Å²) in [5, 5.41) is 5.02. The number of hydrogen-bond donors (Lipinski definition) is 0. The summed E-state index contributed by atoms with van der Waals surface area (Å²) in [6.45, 7) is 2.02. The van der Waals surface area contributed by atoms with Crippen LogP contribution < -0.4 is 4.90 Å². The van der Waals surface area contributed by atoms with E-state index in [0.717, 1.165) is 5.70 Å². The minimum atomic E-state index is 1.07. The second-order valence-corrected chi connectivity index (χ2v) is 5.43. The Morgan fingerprint density at radius 2 is 1.65 bits per heavy atom. The molecule has 0 aliphatic rings. The average molecular weight is 297 g/mol. The van der Waals surface area contributed by atoms with Gasteiger partial charge in [-0.15, -0.1) is 6.42 Å². The number of rotatable bonds is 3. The largest absolute Gasteiger partial charge is 0.344 e. The van der Waals surface area contributed by atoms with Crippen molar-refractivity contribution in [2.24, 2.45) is 0 Å². The molecule has 112 valence electrons. The first-order valence-electron chi connectivity index (χ1n) is 7.69. The Morgan fingerprint density at radius 3 is 2.35 bits per heavy atom. The van der Waals surface area contributed by atoms with Gasteiger partial charge < -0.3 is 4.90 Å².